The molecule has 1 N–H and O–H groups in total. The average Bonchev–Trinajstić information content (AvgIpc) is 3.03. The summed E-state index contributed by atoms with van der Waals surface area (Å²) in [6.07, 6.45) is 0.306. The second-order valence-electron chi connectivity index (χ2n) is 9.74. The molecule has 1 fully saturated rings. The summed E-state index contributed by atoms with van der Waals surface area (Å²) in [4.78, 5) is 29.4. The molecule has 182 valence electrons. The summed E-state index contributed by atoms with van der Waals surface area (Å²) in [6, 6.07) is 13.3. The summed E-state index contributed by atoms with van der Waals surface area (Å²) in [7, 11) is 0. The van der Waals surface area contributed by atoms with Crippen molar-refractivity contribution in [2.45, 2.75) is 44.9 Å². The predicted octanol–water partition coefficient (Wildman–Crippen LogP) is 4.12. The Bertz CT molecular complexity index is 1020. The number of ether oxygens (including phenoxy) is 2. The number of benzene rings is 2. The fraction of sp³-hybridized carbons (Fsp3) is 0.462. The number of hydrogen-bond donors (Lipinski definition) is 1. The van der Waals surface area contributed by atoms with Gasteiger partial charge in [0.05, 0.1) is 25.3 Å². The van der Waals surface area contributed by atoms with Gasteiger partial charge in [0.15, 0.2) is 0 Å². The molecule has 0 aliphatic carbocycles. The molecular weight excluding hydrogens is 437 g/mol. The molecule has 2 atom stereocenters. The summed E-state index contributed by atoms with van der Waals surface area (Å²) in [5.74, 6) is -0.318. The number of nitrogens with one attached hydrogen (secondary N) is 1. The van der Waals surface area contributed by atoms with E-state index in [1.54, 1.807) is 21.9 Å². The summed E-state index contributed by atoms with van der Waals surface area (Å²) < 4.78 is 24.8. The molecule has 4 rings (SSSR count). The van der Waals surface area contributed by atoms with Crippen LogP contribution in [0.15, 0.2) is 48.5 Å². The van der Waals surface area contributed by atoms with Crippen molar-refractivity contribution in [2.24, 2.45) is 0 Å². The van der Waals surface area contributed by atoms with E-state index in [0.29, 0.717) is 32.8 Å². The van der Waals surface area contributed by atoms with Crippen molar-refractivity contribution < 1.29 is 23.5 Å². The van der Waals surface area contributed by atoms with Crippen LogP contribution in [-0.2, 0) is 15.9 Å². The zero-order valence-corrected chi connectivity index (χ0v) is 19.9. The van der Waals surface area contributed by atoms with E-state index in [9.17, 15) is 14.0 Å². The minimum absolute atomic E-state index is 0.247. The van der Waals surface area contributed by atoms with Gasteiger partial charge < -0.3 is 24.6 Å². The second kappa shape index (κ2) is 10.0. The maximum absolute atomic E-state index is 13.6. The molecular formula is C26H32FN3O4. The quantitative estimate of drug-likeness (QED) is 0.718. The monoisotopic (exact) mass is 469 g/mol. The minimum Gasteiger partial charge on any atom is -0.444 e. The van der Waals surface area contributed by atoms with E-state index in [0.717, 1.165) is 17.5 Å². The summed E-state index contributed by atoms with van der Waals surface area (Å²) >= 11 is 0. The third kappa shape index (κ3) is 5.67. The van der Waals surface area contributed by atoms with E-state index in [2.05, 4.69) is 11.4 Å². The van der Waals surface area contributed by atoms with Crippen molar-refractivity contribution in [2.75, 3.05) is 32.8 Å². The van der Waals surface area contributed by atoms with Crippen molar-refractivity contribution in [1.29, 1.82) is 0 Å². The van der Waals surface area contributed by atoms with Crippen molar-refractivity contribution in [1.82, 2.24) is 15.1 Å². The Morgan fingerprint density at radius 3 is 2.56 bits per heavy atom. The van der Waals surface area contributed by atoms with Crippen molar-refractivity contribution in [3.8, 4) is 0 Å². The normalized spacial score (nSPS) is 20.8. The van der Waals surface area contributed by atoms with Gasteiger partial charge in [0.2, 0.25) is 0 Å². The number of urea groups is 1. The fourth-order valence-electron chi connectivity index (χ4n) is 4.44. The maximum Gasteiger partial charge on any atom is 0.410 e. The molecule has 8 heteroatoms. The van der Waals surface area contributed by atoms with Gasteiger partial charge in [-0.15, -0.1) is 0 Å². The molecule has 2 aliphatic rings. The first-order chi connectivity index (χ1) is 16.2. The largest absolute Gasteiger partial charge is 0.444 e. The van der Waals surface area contributed by atoms with Gasteiger partial charge >= 0.3 is 12.1 Å². The number of rotatable bonds is 2. The SMILES string of the molecule is CC(C)(C)OC(=O)N1CCOC[C@H](NC(=O)N2CCc3ccccc3[C@@H]2c2ccc(F)cc2)C1. The maximum atomic E-state index is 13.6. The standard InChI is InChI=1S/C26H32FN3O4/c1-26(2,3)34-25(32)29-14-15-33-17-21(16-29)28-24(31)30-13-12-18-6-4-5-7-22(18)23(30)19-8-10-20(27)11-9-19/h4-11,21,23H,12-17H2,1-3H3,(H,28,31)/t21-,23+/m1/s1. The third-order valence-corrected chi connectivity index (χ3v) is 5.97. The van der Waals surface area contributed by atoms with Crippen LogP contribution in [-0.4, -0.2) is 66.4 Å². The van der Waals surface area contributed by atoms with E-state index < -0.39 is 11.7 Å². The number of carbonyl (C=O) groups excluding carboxylic acids is 2. The van der Waals surface area contributed by atoms with Gasteiger partial charge in [-0.05, 0) is 56.0 Å². The molecule has 7 nitrogen and oxygen atoms in total. The Hall–Kier alpha value is -3.13. The molecule has 1 saturated heterocycles. The Labute approximate surface area is 199 Å². The molecule has 3 amide bonds. The van der Waals surface area contributed by atoms with Crippen molar-refractivity contribution >= 4 is 12.1 Å². The van der Waals surface area contributed by atoms with E-state index >= 15 is 0 Å². The first-order valence-corrected chi connectivity index (χ1v) is 11.7. The Morgan fingerprint density at radius 2 is 1.82 bits per heavy atom. The number of halogens is 1. The van der Waals surface area contributed by atoms with Gasteiger partial charge in [-0.1, -0.05) is 36.4 Å². The molecule has 0 saturated carbocycles. The number of carbonyl (C=O) groups is 2. The molecule has 2 aromatic rings. The number of fused-ring (bicyclic) bond motifs is 1. The van der Waals surface area contributed by atoms with Gasteiger partial charge in [0.1, 0.15) is 11.4 Å². The van der Waals surface area contributed by atoms with Crippen LogP contribution in [0.25, 0.3) is 0 Å². The lowest BCUT2D eigenvalue weighted by Crippen LogP contribution is -2.53. The highest BCUT2D eigenvalue weighted by molar-refractivity contribution is 5.76. The number of nitrogens with zero attached hydrogens (tertiary/aromatic N) is 2. The topological polar surface area (TPSA) is 71.1 Å². The third-order valence-electron chi connectivity index (χ3n) is 5.97. The lowest BCUT2D eigenvalue weighted by atomic mass is 9.88. The zero-order chi connectivity index (χ0) is 24.3. The molecule has 2 heterocycles. The molecule has 34 heavy (non-hydrogen) atoms. The smallest absolute Gasteiger partial charge is 0.410 e. The molecule has 0 unspecified atom stereocenters. The summed E-state index contributed by atoms with van der Waals surface area (Å²) in [5, 5.41) is 3.06. The highest BCUT2D eigenvalue weighted by Gasteiger charge is 2.34. The van der Waals surface area contributed by atoms with Crippen LogP contribution in [0, 0.1) is 5.82 Å². The summed E-state index contributed by atoms with van der Waals surface area (Å²) in [6.45, 7) is 7.36. The second-order valence-corrected chi connectivity index (χ2v) is 9.74. The number of amides is 3. The van der Waals surface area contributed by atoms with Gasteiger partial charge in [-0.25, -0.2) is 14.0 Å². The van der Waals surface area contributed by atoms with E-state index in [4.69, 9.17) is 9.47 Å². The van der Waals surface area contributed by atoms with Crippen LogP contribution in [0.3, 0.4) is 0 Å². The Balaban J connectivity index is 1.52. The molecule has 0 radical (unpaired) electrons. The van der Waals surface area contributed by atoms with Gasteiger partial charge in [0, 0.05) is 19.6 Å². The van der Waals surface area contributed by atoms with Gasteiger partial charge in [-0.2, -0.15) is 0 Å². The van der Waals surface area contributed by atoms with Crippen LogP contribution in [0.5, 0.6) is 0 Å². The van der Waals surface area contributed by atoms with E-state index in [1.807, 2.05) is 39.0 Å². The predicted molar refractivity (Wildman–Crippen MR) is 126 cm³/mol. The highest BCUT2D eigenvalue weighted by Crippen LogP contribution is 2.35. The van der Waals surface area contributed by atoms with Crippen LogP contribution in [0.1, 0.15) is 43.5 Å². The molecule has 0 aromatic heterocycles. The average molecular weight is 470 g/mol. The fourth-order valence-corrected chi connectivity index (χ4v) is 4.44. The Kier molecular flexibility index (Phi) is 7.07. The van der Waals surface area contributed by atoms with Crippen LogP contribution < -0.4 is 5.32 Å². The summed E-state index contributed by atoms with van der Waals surface area (Å²) in [5.41, 5.74) is 2.45. The minimum atomic E-state index is -0.605. The van der Waals surface area contributed by atoms with E-state index in [-0.39, 0.29) is 23.9 Å². The van der Waals surface area contributed by atoms with Gasteiger partial charge in [0.25, 0.3) is 0 Å². The van der Waals surface area contributed by atoms with Crippen LogP contribution in [0.2, 0.25) is 0 Å². The van der Waals surface area contributed by atoms with Crippen molar-refractivity contribution in [3.05, 3.63) is 71.0 Å². The lowest BCUT2D eigenvalue weighted by molar-refractivity contribution is 0.0238. The zero-order valence-electron chi connectivity index (χ0n) is 19.9. The molecule has 0 bridgehead atoms. The van der Waals surface area contributed by atoms with E-state index in [1.165, 1.54) is 17.7 Å². The highest BCUT2D eigenvalue weighted by atomic mass is 19.1. The first-order valence-electron chi connectivity index (χ1n) is 11.7. The van der Waals surface area contributed by atoms with Crippen LogP contribution >= 0.6 is 0 Å². The van der Waals surface area contributed by atoms with Crippen molar-refractivity contribution in [3.63, 3.8) is 0 Å². The lowest BCUT2D eigenvalue weighted by Gasteiger charge is -2.38. The Morgan fingerprint density at radius 1 is 1.09 bits per heavy atom. The van der Waals surface area contributed by atoms with Crippen LogP contribution in [0.4, 0.5) is 14.0 Å². The molecule has 0 spiro atoms. The number of hydrogen-bond acceptors (Lipinski definition) is 4. The first kappa shape index (κ1) is 24.0. The molecule has 2 aromatic carbocycles. The molecule has 2 aliphatic heterocycles. The van der Waals surface area contributed by atoms with Gasteiger partial charge in [-0.3, -0.25) is 0 Å².